The molecule has 116 valence electrons. The van der Waals surface area contributed by atoms with Gasteiger partial charge in [0.25, 0.3) is 11.8 Å². The molecule has 2 amide bonds. The Morgan fingerprint density at radius 2 is 1.52 bits per heavy atom. The molecule has 0 saturated heterocycles. The lowest BCUT2D eigenvalue weighted by atomic mass is 10.1. The zero-order chi connectivity index (χ0) is 16.7. The molecule has 7 heteroatoms. The van der Waals surface area contributed by atoms with Crippen molar-refractivity contribution >= 4 is 57.9 Å². The topological polar surface area (TPSA) is 37.4 Å². The number of amides is 2. The van der Waals surface area contributed by atoms with Crippen LogP contribution in [0.2, 0.25) is 10.0 Å². The van der Waals surface area contributed by atoms with Crippen LogP contribution in [0.4, 0.5) is 10.1 Å². The second-order valence-electron chi connectivity index (χ2n) is 4.71. The molecule has 0 N–H and O–H groups in total. The summed E-state index contributed by atoms with van der Waals surface area (Å²) in [6.07, 6.45) is 0. The second-order valence-corrected chi connectivity index (χ2v) is 5.88. The molecule has 0 saturated carbocycles. The summed E-state index contributed by atoms with van der Waals surface area (Å²) in [7, 11) is 0. The molecule has 0 unspecified atom stereocenters. The summed E-state index contributed by atoms with van der Waals surface area (Å²) in [6.45, 7) is 0. The summed E-state index contributed by atoms with van der Waals surface area (Å²) in [6, 6.07) is 9.70. The molecule has 0 spiro atoms. The van der Waals surface area contributed by atoms with Crippen LogP contribution in [0.1, 0.15) is 5.56 Å². The predicted molar refractivity (Wildman–Crippen MR) is 88.1 cm³/mol. The standard InChI is InChI=1S/C16H7Cl3FNO2/c17-10-2-1-3-11(13(10)18)21-15(22)12(14(19)16(21)23)8-4-6-9(20)7-5-8/h1-7H. The zero-order valence-electron chi connectivity index (χ0n) is 11.3. The molecule has 2 aromatic carbocycles. The molecule has 0 aliphatic carbocycles. The minimum Gasteiger partial charge on any atom is -0.268 e. The third-order valence-corrected chi connectivity index (χ3v) is 4.49. The smallest absolute Gasteiger partial charge is 0.268 e. The lowest BCUT2D eigenvalue weighted by molar-refractivity contribution is -0.119. The summed E-state index contributed by atoms with van der Waals surface area (Å²) in [5.41, 5.74) is 0.479. The number of anilines is 1. The number of benzene rings is 2. The van der Waals surface area contributed by atoms with Gasteiger partial charge < -0.3 is 0 Å². The maximum atomic E-state index is 13.0. The maximum Gasteiger partial charge on any atom is 0.277 e. The molecular formula is C16H7Cl3FNO2. The lowest BCUT2D eigenvalue weighted by Crippen LogP contribution is -2.31. The van der Waals surface area contributed by atoms with Crippen LogP contribution in [0.5, 0.6) is 0 Å². The van der Waals surface area contributed by atoms with E-state index in [4.69, 9.17) is 34.8 Å². The minimum absolute atomic E-state index is 0.00675. The quantitative estimate of drug-likeness (QED) is 0.721. The number of rotatable bonds is 2. The molecule has 0 radical (unpaired) electrons. The largest absolute Gasteiger partial charge is 0.277 e. The number of carbonyl (C=O) groups is 2. The molecule has 1 heterocycles. The summed E-state index contributed by atoms with van der Waals surface area (Å²) >= 11 is 18.0. The zero-order valence-corrected chi connectivity index (χ0v) is 13.6. The number of halogens is 4. The lowest BCUT2D eigenvalue weighted by Gasteiger charge is -2.17. The highest BCUT2D eigenvalue weighted by Gasteiger charge is 2.40. The van der Waals surface area contributed by atoms with Crippen LogP contribution in [0, 0.1) is 5.82 Å². The molecule has 2 aromatic rings. The van der Waals surface area contributed by atoms with Crippen LogP contribution in [0.25, 0.3) is 5.57 Å². The van der Waals surface area contributed by atoms with Crippen LogP contribution in [0.3, 0.4) is 0 Å². The van der Waals surface area contributed by atoms with Gasteiger partial charge in [-0.2, -0.15) is 0 Å². The third-order valence-electron chi connectivity index (χ3n) is 3.33. The molecule has 23 heavy (non-hydrogen) atoms. The van der Waals surface area contributed by atoms with E-state index in [1.54, 1.807) is 6.07 Å². The highest BCUT2D eigenvalue weighted by molar-refractivity contribution is 6.61. The first-order chi connectivity index (χ1) is 10.9. The average molecular weight is 371 g/mol. The second kappa shape index (κ2) is 5.96. The average Bonchev–Trinajstić information content (AvgIpc) is 2.74. The number of imide groups is 1. The van der Waals surface area contributed by atoms with Gasteiger partial charge in [0.05, 0.1) is 21.3 Å². The Morgan fingerprint density at radius 1 is 0.870 bits per heavy atom. The van der Waals surface area contributed by atoms with E-state index in [1.165, 1.54) is 36.4 Å². The van der Waals surface area contributed by atoms with Crippen LogP contribution in [0.15, 0.2) is 47.5 Å². The monoisotopic (exact) mass is 369 g/mol. The molecule has 0 fully saturated rings. The fourth-order valence-corrected chi connectivity index (χ4v) is 2.91. The van der Waals surface area contributed by atoms with Crippen molar-refractivity contribution in [1.82, 2.24) is 0 Å². The van der Waals surface area contributed by atoms with Crippen molar-refractivity contribution in [3.05, 3.63) is 68.9 Å². The Kier molecular flexibility index (Phi) is 4.15. The van der Waals surface area contributed by atoms with Gasteiger partial charge in [0.2, 0.25) is 0 Å². The molecule has 3 nitrogen and oxygen atoms in total. The van der Waals surface area contributed by atoms with E-state index in [0.29, 0.717) is 5.56 Å². The fraction of sp³-hybridized carbons (Fsp3) is 0. The van der Waals surface area contributed by atoms with Crippen LogP contribution < -0.4 is 4.90 Å². The van der Waals surface area contributed by atoms with Gasteiger partial charge in [-0.3, -0.25) is 9.59 Å². The van der Waals surface area contributed by atoms with Crippen molar-refractivity contribution in [3.63, 3.8) is 0 Å². The van der Waals surface area contributed by atoms with E-state index in [0.717, 1.165) is 4.90 Å². The number of hydrogen-bond acceptors (Lipinski definition) is 2. The van der Waals surface area contributed by atoms with Crippen LogP contribution in [-0.4, -0.2) is 11.8 Å². The summed E-state index contributed by atoms with van der Waals surface area (Å²) in [5, 5.41) is 0.0226. The minimum atomic E-state index is -0.708. The number of carbonyl (C=O) groups excluding carboxylic acids is 2. The van der Waals surface area contributed by atoms with Gasteiger partial charge in [-0.25, -0.2) is 9.29 Å². The van der Waals surface area contributed by atoms with Crippen LogP contribution >= 0.6 is 34.8 Å². The van der Waals surface area contributed by atoms with Crippen molar-refractivity contribution in [3.8, 4) is 0 Å². The fourth-order valence-electron chi connectivity index (χ4n) is 2.25. The molecule has 0 bridgehead atoms. The van der Waals surface area contributed by atoms with E-state index in [9.17, 15) is 14.0 Å². The molecule has 3 rings (SSSR count). The normalized spacial score (nSPS) is 14.9. The molecule has 1 aliphatic rings. The van der Waals surface area contributed by atoms with Gasteiger partial charge in [-0.1, -0.05) is 53.0 Å². The van der Waals surface area contributed by atoms with Gasteiger partial charge >= 0.3 is 0 Å². The van der Waals surface area contributed by atoms with E-state index in [1.807, 2.05) is 0 Å². The number of hydrogen-bond donors (Lipinski definition) is 0. The third kappa shape index (κ3) is 2.63. The Labute approximate surface area is 145 Å². The molecule has 1 aliphatic heterocycles. The Balaban J connectivity index is 2.09. The highest BCUT2D eigenvalue weighted by atomic mass is 35.5. The van der Waals surface area contributed by atoms with Gasteiger partial charge in [0, 0.05) is 0 Å². The predicted octanol–water partition coefficient (Wildman–Crippen LogP) is 4.66. The van der Waals surface area contributed by atoms with E-state index >= 15 is 0 Å². The van der Waals surface area contributed by atoms with E-state index < -0.39 is 17.6 Å². The first-order valence-corrected chi connectivity index (χ1v) is 7.53. The molecule has 0 aromatic heterocycles. The summed E-state index contributed by atoms with van der Waals surface area (Å²) in [5.74, 6) is -1.81. The van der Waals surface area contributed by atoms with Gasteiger partial charge in [0.1, 0.15) is 10.8 Å². The Bertz CT molecular complexity index is 862. The summed E-state index contributed by atoms with van der Waals surface area (Å²) < 4.78 is 13.0. The van der Waals surface area contributed by atoms with E-state index in [-0.39, 0.29) is 26.3 Å². The highest BCUT2D eigenvalue weighted by Crippen LogP contribution is 2.39. The number of nitrogens with zero attached hydrogens (tertiary/aromatic N) is 1. The van der Waals surface area contributed by atoms with Crippen molar-refractivity contribution in [2.24, 2.45) is 0 Å². The van der Waals surface area contributed by atoms with Crippen molar-refractivity contribution in [2.45, 2.75) is 0 Å². The van der Waals surface area contributed by atoms with Crippen molar-refractivity contribution in [2.75, 3.05) is 4.90 Å². The van der Waals surface area contributed by atoms with Gasteiger partial charge in [-0.05, 0) is 29.8 Å². The maximum absolute atomic E-state index is 13.0. The van der Waals surface area contributed by atoms with Gasteiger partial charge in [0.15, 0.2) is 0 Å². The molecule has 0 atom stereocenters. The van der Waals surface area contributed by atoms with Crippen LogP contribution in [-0.2, 0) is 9.59 Å². The van der Waals surface area contributed by atoms with Gasteiger partial charge in [-0.15, -0.1) is 0 Å². The first-order valence-electron chi connectivity index (χ1n) is 6.40. The molecular weight excluding hydrogens is 364 g/mol. The Hall–Kier alpha value is -1.88. The Morgan fingerprint density at radius 3 is 2.17 bits per heavy atom. The summed E-state index contributed by atoms with van der Waals surface area (Å²) in [4.78, 5) is 25.9. The first kappa shape index (κ1) is 16.0. The van der Waals surface area contributed by atoms with E-state index in [2.05, 4.69) is 0 Å². The van der Waals surface area contributed by atoms with Crippen molar-refractivity contribution < 1.29 is 14.0 Å². The van der Waals surface area contributed by atoms with Crippen molar-refractivity contribution in [1.29, 1.82) is 0 Å². The SMILES string of the molecule is O=C1C(Cl)=C(c2ccc(F)cc2)C(=O)N1c1cccc(Cl)c1Cl.